The van der Waals surface area contributed by atoms with Crippen LogP contribution in [-0.2, 0) is 4.79 Å². The monoisotopic (exact) mass is 470 g/mol. The summed E-state index contributed by atoms with van der Waals surface area (Å²) < 4.78 is 6.89. The number of piperidine rings is 1. The molecule has 0 aliphatic carbocycles. The van der Waals surface area contributed by atoms with Crippen LogP contribution in [0.25, 0.3) is 21.7 Å². The van der Waals surface area contributed by atoms with E-state index in [2.05, 4.69) is 16.3 Å². The molecule has 1 amide bonds. The first-order valence-corrected chi connectivity index (χ1v) is 12.2. The van der Waals surface area contributed by atoms with E-state index in [1.807, 2.05) is 35.2 Å². The highest BCUT2D eigenvalue weighted by Crippen LogP contribution is 2.33. The maximum Gasteiger partial charge on any atom is 0.277 e. The Kier molecular flexibility index (Phi) is 5.93. The molecule has 158 valence electrons. The fourth-order valence-electron chi connectivity index (χ4n) is 3.69. The number of carbonyl (C=O) groups excluding carboxylic acids is 1. The number of nitrogens with zero attached hydrogens (tertiary/aromatic N) is 4. The van der Waals surface area contributed by atoms with Crippen molar-refractivity contribution in [3.63, 3.8) is 0 Å². The number of halogens is 1. The number of thiazole rings is 1. The zero-order valence-electron chi connectivity index (χ0n) is 16.5. The van der Waals surface area contributed by atoms with Gasteiger partial charge >= 0.3 is 0 Å². The molecule has 0 bridgehead atoms. The van der Waals surface area contributed by atoms with Crippen LogP contribution in [0.3, 0.4) is 0 Å². The van der Waals surface area contributed by atoms with Crippen molar-refractivity contribution in [2.75, 3.05) is 18.8 Å². The predicted octanol–water partition coefficient (Wildman–Crippen LogP) is 5.50. The normalized spacial score (nSPS) is 16.7. The van der Waals surface area contributed by atoms with Crippen molar-refractivity contribution in [1.29, 1.82) is 0 Å². The lowest BCUT2D eigenvalue weighted by molar-refractivity contribution is -0.129. The largest absolute Gasteiger partial charge is 0.411 e. The standard InChI is InChI=1S/C22H19ClN4O2S2/c23-16-7-3-5-14(11-16)20-25-26-22(29-20)30-13-19(28)27-10-4-6-15(12-27)21-24-17-8-1-2-9-18(17)31-21/h1-3,5,7-9,11,15H,4,6,10,12-13H2. The number of para-hydroxylation sites is 1. The molecule has 1 aliphatic heterocycles. The Morgan fingerprint density at radius 1 is 1.23 bits per heavy atom. The van der Waals surface area contributed by atoms with Crippen LogP contribution >= 0.6 is 34.7 Å². The third-order valence-electron chi connectivity index (χ3n) is 5.23. The summed E-state index contributed by atoms with van der Waals surface area (Å²) in [6, 6.07) is 15.4. The lowest BCUT2D eigenvalue weighted by Gasteiger charge is -2.31. The molecule has 2 aromatic carbocycles. The van der Waals surface area contributed by atoms with Gasteiger partial charge in [-0.2, -0.15) is 0 Å². The Bertz CT molecular complexity index is 1190. The summed E-state index contributed by atoms with van der Waals surface area (Å²) in [4.78, 5) is 19.5. The molecule has 3 heterocycles. The molecule has 6 nitrogen and oxygen atoms in total. The first kappa shape index (κ1) is 20.5. The van der Waals surface area contributed by atoms with Gasteiger partial charge in [0.1, 0.15) is 0 Å². The van der Waals surface area contributed by atoms with Crippen molar-refractivity contribution in [1.82, 2.24) is 20.1 Å². The highest BCUT2D eigenvalue weighted by Gasteiger charge is 2.27. The molecule has 0 saturated carbocycles. The topological polar surface area (TPSA) is 72.1 Å². The minimum atomic E-state index is 0.0818. The van der Waals surface area contributed by atoms with E-state index < -0.39 is 0 Å². The second-order valence-electron chi connectivity index (χ2n) is 7.37. The van der Waals surface area contributed by atoms with Gasteiger partial charge in [0.25, 0.3) is 5.22 Å². The third kappa shape index (κ3) is 4.61. The predicted molar refractivity (Wildman–Crippen MR) is 124 cm³/mol. The SMILES string of the molecule is O=C(CSc1nnc(-c2cccc(Cl)c2)o1)N1CCCC(c2nc3ccccc3s2)C1. The van der Waals surface area contributed by atoms with Gasteiger partial charge in [-0.15, -0.1) is 21.5 Å². The Hall–Kier alpha value is -2.42. The lowest BCUT2D eigenvalue weighted by atomic mass is 9.99. The van der Waals surface area contributed by atoms with Crippen LogP contribution in [0.1, 0.15) is 23.8 Å². The fraction of sp³-hybridized carbons (Fsp3) is 0.273. The van der Waals surface area contributed by atoms with Crippen molar-refractivity contribution in [2.45, 2.75) is 24.0 Å². The molecule has 4 aromatic rings. The van der Waals surface area contributed by atoms with Crippen LogP contribution in [0, 0.1) is 0 Å². The minimum absolute atomic E-state index is 0.0818. The molecule has 2 aromatic heterocycles. The van der Waals surface area contributed by atoms with E-state index in [0.717, 1.165) is 35.5 Å². The Balaban J connectivity index is 1.20. The van der Waals surface area contributed by atoms with Gasteiger partial charge in [0.05, 0.1) is 21.0 Å². The van der Waals surface area contributed by atoms with Crippen molar-refractivity contribution < 1.29 is 9.21 Å². The summed E-state index contributed by atoms with van der Waals surface area (Å²) >= 11 is 9.02. The number of thioether (sulfide) groups is 1. The smallest absolute Gasteiger partial charge is 0.277 e. The van der Waals surface area contributed by atoms with Gasteiger partial charge in [-0.3, -0.25) is 4.79 Å². The van der Waals surface area contributed by atoms with Gasteiger partial charge in [-0.25, -0.2) is 4.98 Å². The highest BCUT2D eigenvalue weighted by molar-refractivity contribution is 7.99. The average Bonchev–Trinajstić information content (AvgIpc) is 3.45. The minimum Gasteiger partial charge on any atom is -0.411 e. The quantitative estimate of drug-likeness (QED) is 0.359. The summed E-state index contributed by atoms with van der Waals surface area (Å²) in [5.41, 5.74) is 1.79. The number of aromatic nitrogens is 3. The summed E-state index contributed by atoms with van der Waals surface area (Å²) in [5, 5.41) is 10.2. The van der Waals surface area contributed by atoms with Crippen LogP contribution in [0.5, 0.6) is 0 Å². The maximum atomic E-state index is 12.8. The average molecular weight is 471 g/mol. The number of fused-ring (bicyclic) bond motifs is 1. The third-order valence-corrected chi connectivity index (χ3v) is 7.47. The van der Waals surface area contributed by atoms with Crippen molar-refractivity contribution >= 4 is 50.8 Å². The van der Waals surface area contributed by atoms with E-state index in [0.29, 0.717) is 22.7 Å². The van der Waals surface area contributed by atoms with E-state index in [4.69, 9.17) is 21.0 Å². The molecule has 0 N–H and O–H groups in total. The summed E-state index contributed by atoms with van der Waals surface area (Å²) in [6.07, 6.45) is 2.04. The molecule has 5 rings (SSSR count). The number of rotatable bonds is 5. The molecule has 1 saturated heterocycles. The number of benzene rings is 2. The maximum absolute atomic E-state index is 12.8. The van der Waals surface area contributed by atoms with Crippen molar-refractivity contribution in [3.05, 3.63) is 58.6 Å². The van der Waals surface area contributed by atoms with E-state index in [-0.39, 0.29) is 17.6 Å². The zero-order chi connectivity index (χ0) is 21.2. The molecular formula is C22H19ClN4O2S2. The van der Waals surface area contributed by atoms with Crippen LogP contribution in [0.4, 0.5) is 0 Å². The summed E-state index contributed by atoms with van der Waals surface area (Å²) in [7, 11) is 0. The van der Waals surface area contributed by atoms with Crippen molar-refractivity contribution in [3.8, 4) is 11.5 Å². The molecule has 1 fully saturated rings. The van der Waals surface area contributed by atoms with E-state index in [9.17, 15) is 4.79 Å². The van der Waals surface area contributed by atoms with Crippen LogP contribution in [0.2, 0.25) is 5.02 Å². The first-order valence-electron chi connectivity index (χ1n) is 10.0. The number of likely N-dealkylation sites (tertiary alicyclic amines) is 1. The van der Waals surface area contributed by atoms with Crippen LogP contribution in [-0.4, -0.2) is 44.8 Å². The molecule has 9 heteroatoms. The van der Waals surface area contributed by atoms with Crippen molar-refractivity contribution in [2.24, 2.45) is 0 Å². The molecule has 1 unspecified atom stereocenters. The van der Waals surface area contributed by atoms with E-state index >= 15 is 0 Å². The number of hydrogen-bond acceptors (Lipinski definition) is 7. The number of amides is 1. The highest BCUT2D eigenvalue weighted by atomic mass is 35.5. The Labute approximate surface area is 192 Å². The van der Waals surface area contributed by atoms with Gasteiger partial charge in [0.15, 0.2) is 0 Å². The molecule has 1 atom stereocenters. The Morgan fingerprint density at radius 2 is 2.13 bits per heavy atom. The molecule has 0 radical (unpaired) electrons. The van der Waals surface area contributed by atoms with Crippen LogP contribution < -0.4 is 0 Å². The molecular weight excluding hydrogens is 452 g/mol. The number of carbonyl (C=O) groups is 1. The van der Waals surface area contributed by atoms with Crippen LogP contribution in [0.15, 0.2) is 58.2 Å². The fourth-order valence-corrected chi connectivity index (χ4v) is 5.64. The van der Waals surface area contributed by atoms with E-state index in [1.165, 1.54) is 16.5 Å². The summed E-state index contributed by atoms with van der Waals surface area (Å²) in [6.45, 7) is 1.48. The van der Waals surface area contributed by atoms with Gasteiger partial charge in [0, 0.05) is 29.6 Å². The second kappa shape index (κ2) is 8.98. The van der Waals surface area contributed by atoms with Gasteiger partial charge < -0.3 is 9.32 Å². The van der Waals surface area contributed by atoms with Gasteiger partial charge in [-0.1, -0.05) is 41.6 Å². The Morgan fingerprint density at radius 3 is 3.00 bits per heavy atom. The van der Waals surface area contributed by atoms with Gasteiger partial charge in [-0.05, 0) is 43.2 Å². The summed E-state index contributed by atoms with van der Waals surface area (Å²) in [5.74, 6) is 1.03. The first-order chi connectivity index (χ1) is 15.2. The number of hydrogen-bond donors (Lipinski definition) is 0. The molecule has 31 heavy (non-hydrogen) atoms. The second-order valence-corrected chi connectivity index (χ2v) is 9.80. The molecule has 0 spiro atoms. The van der Waals surface area contributed by atoms with E-state index in [1.54, 1.807) is 23.5 Å². The van der Waals surface area contributed by atoms with Gasteiger partial charge in [0.2, 0.25) is 11.8 Å². The molecule has 1 aliphatic rings. The zero-order valence-corrected chi connectivity index (χ0v) is 18.9. The lowest BCUT2D eigenvalue weighted by Crippen LogP contribution is -2.40.